The standard InChI is InChI=1S/C29H28N2O3S/c1-21-10-14-24(15-11-21)31(27(32)19-26-9-6-18-35-26)28(23-12-16-25(34-2)17-13-23)29(33)30-20-22-7-4-3-5-8-22/h3-18,28H,19-20H2,1-2H3,(H,30,33)/t28-/m1/s1. The van der Waals surface area contributed by atoms with Gasteiger partial charge in [0.05, 0.1) is 13.5 Å². The van der Waals surface area contributed by atoms with Gasteiger partial charge in [-0.3, -0.25) is 14.5 Å². The number of nitrogens with zero attached hydrogens (tertiary/aromatic N) is 1. The maximum Gasteiger partial charge on any atom is 0.248 e. The van der Waals surface area contributed by atoms with E-state index in [1.165, 1.54) is 11.3 Å². The minimum atomic E-state index is -0.847. The summed E-state index contributed by atoms with van der Waals surface area (Å²) in [5.41, 5.74) is 3.44. The van der Waals surface area contributed by atoms with Crippen LogP contribution in [-0.2, 0) is 22.6 Å². The summed E-state index contributed by atoms with van der Waals surface area (Å²) in [4.78, 5) is 30.0. The van der Waals surface area contributed by atoms with Crippen LogP contribution in [0.1, 0.15) is 27.6 Å². The monoisotopic (exact) mass is 484 g/mol. The first-order chi connectivity index (χ1) is 17.0. The molecular weight excluding hydrogens is 456 g/mol. The molecule has 178 valence electrons. The highest BCUT2D eigenvalue weighted by Gasteiger charge is 2.33. The highest BCUT2D eigenvalue weighted by Crippen LogP contribution is 2.31. The maximum atomic E-state index is 13.7. The van der Waals surface area contributed by atoms with Gasteiger partial charge >= 0.3 is 0 Å². The molecule has 0 radical (unpaired) electrons. The average molecular weight is 485 g/mol. The molecule has 1 atom stereocenters. The van der Waals surface area contributed by atoms with Gasteiger partial charge in [0, 0.05) is 17.1 Å². The molecule has 1 heterocycles. The summed E-state index contributed by atoms with van der Waals surface area (Å²) in [6.45, 7) is 2.36. The predicted octanol–water partition coefficient (Wildman–Crippen LogP) is 5.70. The largest absolute Gasteiger partial charge is 0.497 e. The van der Waals surface area contributed by atoms with Crippen molar-refractivity contribution in [3.05, 3.63) is 118 Å². The van der Waals surface area contributed by atoms with E-state index in [4.69, 9.17) is 4.74 Å². The Bertz CT molecular complexity index is 1240. The van der Waals surface area contributed by atoms with Gasteiger partial charge in [-0.15, -0.1) is 11.3 Å². The van der Waals surface area contributed by atoms with Gasteiger partial charge < -0.3 is 10.1 Å². The number of rotatable bonds is 9. The normalized spacial score (nSPS) is 11.5. The lowest BCUT2D eigenvalue weighted by Crippen LogP contribution is -2.44. The van der Waals surface area contributed by atoms with Crippen LogP contribution < -0.4 is 15.0 Å². The van der Waals surface area contributed by atoms with Crippen LogP contribution in [0, 0.1) is 6.92 Å². The van der Waals surface area contributed by atoms with Crippen molar-refractivity contribution in [3.8, 4) is 5.75 Å². The third-order valence-corrected chi connectivity index (χ3v) is 6.61. The van der Waals surface area contributed by atoms with Crippen LogP contribution >= 0.6 is 11.3 Å². The van der Waals surface area contributed by atoms with Crippen LogP contribution in [0.5, 0.6) is 5.75 Å². The molecule has 0 saturated carbocycles. The second-order valence-corrected chi connectivity index (χ2v) is 9.27. The fourth-order valence-electron chi connectivity index (χ4n) is 3.88. The van der Waals surface area contributed by atoms with E-state index >= 15 is 0 Å². The quantitative estimate of drug-likeness (QED) is 0.332. The van der Waals surface area contributed by atoms with Gasteiger partial charge in [-0.05, 0) is 53.8 Å². The van der Waals surface area contributed by atoms with Crippen molar-refractivity contribution < 1.29 is 14.3 Å². The molecular formula is C29H28N2O3S. The Kier molecular flexibility index (Phi) is 7.95. The number of thiophene rings is 1. The highest BCUT2D eigenvalue weighted by atomic mass is 32.1. The Balaban J connectivity index is 1.73. The molecule has 0 saturated heterocycles. The van der Waals surface area contributed by atoms with E-state index in [1.807, 2.05) is 103 Å². The van der Waals surface area contributed by atoms with Gasteiger partial charge in [0.15, 0.2) is 0 Å². The molecule has 0 bridgehead atoms. The minimum Gasteiger partial charge on any atom is -0.497 e. The van der Waals surface area contributed by atoms with E-state index in [2.05, 4.69) is 5.32 Å². The number of hydrogen-bond acceptors (Lipinski definition) is 4. The molecule has 2 amide bonds. The molecule has 1 aromatic heterocycles. The van der Waals surface area contributed by atoms with Crippen molar-refractivity contribution in [2.75, 3.05) is 12.0 Å². The SMILES string of the molecule is COc1ccc([C@H](C(=O)NCc2ccccc2)N(C(=O)Cc2cccs2)c2ccc(C)cc2)cc1. The molecule has 1 N–H and O–H groups in total. The van der Waals surface area contributed by atoms with Crippen LogP contribution in [0.15, 0.2) is 96.4 Å². The number of amides is 2. The zero-order valence-electron chi connectivity index (χ0n) is 19.8. The molecule has 5 nitrogen and oxygen atoms in total. The number of nitrogens with one attached hydrogen (secondary N) is 1. The van der Waals surface area contributed by atoms with Crippen molar-refractivity contribution in [2.45, 2.75) is 25.9 Å². The van der Waals surface area contributed by atoms with Gasteiger partial charge in [0.1, 0.15) is 11.8 Å². The summed E-state index contributed by atoms with van der Waals surface area (Å²) in [5, 5.41) is 4.99. The summed E-state index contributed by atoms with van der Waals surface area (Å²) >= 11 is 1.53. The van der Waals surface area contributed by atoms with Gasteiger partial charge in [-0.1, -0.05) is 66.2 Å². The molecule has 4 aromatic rings. The Morgan fingerprint density at radius 2 is 1.63 bits per heavy atom. The van der Waals surface area contributed by atoms with Gasteiger partial charge in [0.25, 0.3) is 0 Å². The first kappa shape index (κ1) is 24.2. The Labute approximate surface area is 210 Å². The van der Waals surface area contributed by atoms with E-state index in [1.54, 1.807) is 12.0 Å². The second kappa shape index (κ2) is 11.5. The van der Waals surface area contributed by atoms with E-state index < -0.39 is 6.04 Å². The lowest BCUT2D eigenvalue weighted by Gasteiger charge is -2.32. The number of anilines is 1. The average Bonchev–Trinajstić information content (AvgIpc) is 3.40. The van der Waals surface area contributed by atoms with Crippen molar-refractivity contribution in [1.82, 2.24) is 5.32 Å². The molecule has 6 heteroatoms. The number of aryl methyl sites for hydroxylation is 1. The molecule has 35 heavy (non-hydrogen) atoms. The molecule has 3 aromatic carbocycles. The Morgan fingerprint density at radius 1 is 0.914 bits per heavy atom. The number of ether oxygens (including phenoxy) is 1. The van der Waals surface area contributed by atoms with E-state index in [0.717, 1.165) is 16.0 Å². The van der Waals surface area contributed by atoms with Crippen LogP contribution in [0.3, 0.4) is 0 Å². The molecule has 0 aliphatic carbocycles. The van der Waals surface area contributed by atoms with Crippen LogP contribution in [0.4, 0.5) is 5.69 Å². The topological polar surface area (TPSA) is 58.6 Å². The number of carbonyl (C=O) groups is 2. The summed E-state index contributed by atoms with van der Waals surface area (Å²) in [6.07, 6.45) is 0.212. The predicted molar refractivity (Wildman–Crippen MR) is 141 cm³/mol. The third-order valence-electron chi connectivity index (χ3n) is 5.73. The lowest BCUT2D eigenvalue weighted by atomic mass is 10.0. The fraction of sp³-hybridized carbons (Fsp3) is 0.172. The van der Waals surface area contributed by atoms with E-state index in [-0.39, 0.29) is 18.2 Å². The Morgan fingerprint density at radius 3 is 2.26 bits per heavy atom. The van der Waals surface area contributed by atoms with Gasteiger partial charge in [-0.2, -0.15) is 0 Å². The van der Waals surface area contributed by atoms with E-state index in [0.29, 0.717) is 23.5 Å². The van der Waals surface area contributed by atoms with Crippen LogP contribution in [0.2, 0.25) is 0 Å². The van der Waals surface area contributed by atoms with Crippen molar-refractivity contribution in [1.29, 1.82) is 0 Å². The first-order valence-corrected chi connectivity index (χ1v) is 12.3. The summed E-state index contributed by atoms with van der Waals surface area (Å²) in [5.74, 6) is 0.287. The molecule has 0 unspecified atom stereocenters. The molecule has 0 fully saturated rings. The number of carbonyl (C=O) groups excluding carboxylic acids is 2. The van der Waals surface area contributed by atoms with Crippen molar-refractivity contribution in [2.24, 2.45) is 0 Å². The first-order valence-electron chi connectivity index (χ1n) is 11.4. The molecule has 0 aliphatic heterocycles. The van der Waals surface area contributed by atoms with Gasteiger partial charge in [-0.25, -0.2) is 0 Å². The molecule has 0 spiro atoms. The smallest absolute Gasteiger partial charge is 0.248 e. The highest BCUT2D eigenvalue weighted by molar-refractivity contribution is 7.10. The van der Waals surface area contributed by atoms with Gasteiger partial charge in [0.2, 0.25) is 11.8 Å². The zero-order valence-corrected chi connectivity index (χ0v) is 20.6. The third kappa shape index (κ3) is 6.16. The summed E-state index contributed by atoms with van der Waals surface area (Å²) < 4.78 is 5.31. The van der Waals surface area contributed by atoms with Crippen molar-refractivity contribution in [3.63, 3.8) is 0 Å². The summed E-state index contributed by atoms with van der Waals surface area (Å²) in [6, 6.07) is 27.7. The van der Waals surface area contributed by atoms with Crippen molar-refractivity contribution >= 4 is 28.8 Å². The number of benzene rings is 3. The second-order valence-electron chi connectivity index (χ2n) is 8.23. The Hall–Kier alpha value is -3.90. The summed E-state index contributed by atoms with van der Waals surface area (Å²) in [7, 11) is 1.60. The lowest BCUT2D eigenvalue weighted by molar-refractivity contribution is -0.126. The van der Waals surface area contributed by atoms with Crippen LogP contribution in [0.25, 0.3) is 0 Å². The molecule has 0 aliphatic rings. The minimum absolute atomic E-state index is 0.146. The van der Waals surface area contributed by atoms with E-state index in [9.17, 15) is 9.59 Å². The zero-order chi connectivity index (χ0) is 24.6. The maximum absolute atomic E-state index is 13.7. The van der Waals surface area contributed by atoms with Crippen LogP contribution in [-0.4, -0.2) is 18.9 Å². The number of hydrogen-bond donors (Lipinski definition) is 1. The number of methoxy groups -OCH3 is 1. The molecule has 4 rings (SSSR count). The fourth-order valence-corrected chi connectivity index (χ4v) is 4.57.